The number of hydrogen-bond acceptors (Lipinski definition) is 3. The Morgan fingerprint density at radius 3 is 1.83 bits per heavy atom. The van der Waals surface area contributed by atoms with E-state index in [4.69, 9.17) is 9.72 Å². The molecule has 0 unspecified atom stereocenters. The molecule has 7 rings (SSSR count). The highest BCUT2D eigenvalue weighted by Crippen LogP contribution is 2.52. The average molecular weight is 611 g/mol. The molecule has 0 radical (unpaired) electrons. The number of aromatic nitrogens is 1. The zero-order valence-electron chi connectivity index (χ0n) is 30.4. The van der Waals surface area contributed by atoms with Gasteiger partial charge in [-0.05, 0) is 103 Å². The summed E-state index contributed by atoms with van der Waals surface area (Å²) in [7, 11) is 0. The molecule has 4 heteroatoms. The Morgan fingerprint density at radius 1 is 0.652 bits per heavy atom. The van der Waals surface area contributed by atoms with E-state index in [0.717, 1.165) is 23.7 Å². The highest BCUT2D eigenvalue weighted by Gasteiger charge is 2.48. The van der Waals surface area contributed by atoms with Crippen molar-refractivity contribution in [1.29, 1.82) is 0 Å². The van der Waals surface area contributed by atoms with Gasteiger partial charge in [0.25, 0.3) is 6.71 Å². The second-order valence-electron chi connectivity index (χ2n) is 18.6. The third kappa shape index (κ3) is 4.73. The summed E-state index contributed by atoms with van der Waals surface area (Å²) in [5.41, 5.74) is 14.5. The predicted molar refractivity (Wildman–Crippen MR) is 197 cm³/mol. The van der Waals surface area contributed by atoms with Gasteiger partial charge in [0, 0.05) is 28.7 Å². The van der Waals surface area contributed by atoms with Crippen molar-refractivity contribution in [1.82, 2.24) is 4.98 Å². The maximum absolute atomic E-state index is 6.74. The molecule has 3 nitrogen and oxygen atoms in total. The first-order valence-electron chi connectivity index (χ1n) is 17.1. The number of nitrogens with zero attached hydrogens (tertiary/aromatic N) is 2. The van der Waals surface area contributed by atoms with Gasteiger partial charge >= 0.3 is 0 Å². The van der Waals surface area contributed by atoms with E-state index in [1.54, 1.807) is 0 Å². The topological polar surface area (TPSA) is 25.4 Å². The zero-order valence-corrected chi connectivity index (χ0v) is 30.4. The maximum atomic E-state index is 6.74. The quantitative estimate of drug-likeness (QED) is 0.174. The Balaban J connectivity index is 1.57. The summed E-state index contributed by atoms with van der Waals surface area (Å²) in [6.07, 6.45) is 3.06. The van der Waals surface area contributed by atoms with Gasteiger partial charge in [-0.3, -0.25) is 0 Å². The smallest absolute Gasteiger partial charge is 0.258 e. The molecule has 46 heavy (non-hydrogen) atoms. The molecule has 238 valence electrons. The number of benzene rings is 3. The molecular formula is C42H51BN2O. The summed E-state index contributed by atoms with van der Waals surface area (Å²) in [4.78, 5) is 7.42. The van der Waals surface area contributed by atoms with Crippen LogP contribution < -0.4 is 26.0 Å². The van der Waals surface area contributed by atoms with Gasteiger partial charge in [0.2, 0.25) is 5.88 Å². The van der Waals surface area contributed by atoms with Gasteiger partial charge in [-0.2, -0.15) is 0 Å². The first kappa shape index (κ1) is 31.1. The normalized spacial score (nSPS) is 17.6. The largest absolute Gasteiger partial charge is 0.440 e. The average Bonchev–Trinajstić information content (AvgIpc) is 3.12. The SMILES string of the molecule is CC(C)(C)c1cc(N2c3cc4c(cc3B3c5ccc(C(C)(C)C)cc5Oc5nccc2c53)C(C)(C)CC4(C)C)cc(C(C)(C)C)c1. The number of rotatable bonds is 1. The molecule has 0 spiro atoms. The van der Waals surface area contributed by atoms with E-state index in [0.29, 0.717) is 0 Å². The third-order valence-corrected chi connectivity index (χ3v) is 10.8. The molecule has 0 bridgehead atoms. The lowest BCUT2D eigenvalue weighted by molar-refractivity contribution is 0.403. The highest BCUT2D eigenvalue weighted by atomic mass is 16.5. The first-order chi connectivity index (χ1) is 21.2. The minimum absolute atomic E-state index is 0.00555. The van der Waals surface area contributed by atoms with Crippen LogP contribution in [0.1, 0.15) is 124 Å². The summed E-state index contributed by atoms with van der Waals surface area (Å²) in [5, 5.41) is 0. The Morgan fingerprint density at radius 2 is 1.24 bits per heavy atom. The molecular weight excluding hydrogens is 559 g/mol. The Hall–Kier alpha value is -3.53. The van der Waals surface area contributed by atoms with Crippen LogP contribution in [0.15, 0.2) is 60.8 Å². The van der Waals surface area contributed by atoms with Crippen molar-refractivity contribution in [3.8, 4) is 11.6 Å². The van der Waals surface area contributed by atoms with Crippen LogP contribution in [-0.2, 0) is 27.1 Å². The number of fused-ring (bicyclic) bond motifs is 5. The van der Waals surface area contributed by atoms with Crippen LogP contribution in [-0.4, -0.2) is 11.7 Å². The third-order valence-electron chi connectivity index (χ3n) is 10.8. The summed E-state index contributed by atoms with van der Waals surface area (Å²) in [6, 6.07) is 21.4. The van der Waals surface area contributed by atoms with Crippen molar-refractivity contribution >= 4 is 40.2 Å². The van der Waals surface area contributed by atoms with Crippen LogP contribution >= 0.6 is 0 Å². The van der Waals surface area contributed by atoms with Crippen LogP contribution in [0.2, 0.25) is 0 Å². The van der Waals surface area contributed by atoms with E-state index in [1.807, 2.05) is 6.20 Å². The van der Waals surface area contributed by atoms with Gasteiger partial charge in [-0.1, -0.05) is 114 Å². The maximum Gasteiger partial charge on any atom is 0.258 e. The minimum atomic E-state index is 0.00555. The lowest BCUT2D eigenvalue weighted by atomic mass is 9.34. The standard InChI is InChI=1S/C42H51BN2O/c1-38(2,3)25-14-15-31-35(21-25)46-37-36-33(16-17-44-37)45(28-19-26(39(4,5)6)18-27(20-28)40(7,8)9)34-23-30-29(22-32(34)43(31)36)41(10,11)24-42(30,12)13/h14-23H,24H2,1-13H3. The van der Waals surface area contributed by atoms with E-state index in [9.17, 15) is 0 Å². The lowest BCUT2D eigenvalue weighted by Gasteiger charge is -2.41. The molecule has 3 heterocycles. The van der Waals surface area contributed by atoms with Crippen molar-refractivity contribution in [2.45, 2.75) is 124 Å². The van der Waals surface area contributed by atoms with Gasteiger partial charge < -0.3 is 9.64 Å². The van der Waals surface area contributed by atoms with Crippen LogP contribution in [0.5, 0.6) is 11.6 Å². The number of ether oxygens (including phenoxy) is 1. The van der Waals surface area contributed by atoms with Crippen molar-refractivity contribution in [2.75, 3.05) is 4.90 Å². The molecule has 2 aliphatic heterocycles. The molecule has 4 aromatic rings. The minimum Gasteiger partial charge on any atom is -0.440 e. The van der Waals surface area contributed by atoms with Crippen LogP contribution in [0, 0.1) is 0 Å². The number of pyridine rings is 1. The summed E-state index contributed by atoms with van der Waals surface area (Å²) in [6.45, 7) is 30.4. The fourth-order valence-electron chi connectivity index (χ4n) is 8.36. The monoisotopic (exact) mass is 610 g/mol. The Kier molecular flexibility index (Phi) is 6.44. The summed E-state index contributed by atoms with van der Waals surface area (Å²) in [5.74, 6) is 1.65. The molecule has 1 aliphatic carbocycles. The van der Waals surface area contributed by atoms with Gasteiger partial charge in [0.05, 0.1) is 0 Å². The molecule has 0 fully saturated rings. The number of anilines is 3. The van der Waals surface area contributed by atoms with E-state index in [2.05, 4.69) is 150 Å². The van der Waals surface area contributed by atoms with E-state index in [1.165, 1.54) is 55.6 Å². The van der Waals surface area contributed by atoms with Crippen molar-refractivity contribution < 1.29 is 4.74 Å². The summed E-state index contributed by atoms with van der Waals surface area (Å²) >= 11 is 0. The summed E-state index contributed by atoms with van der Waals surface area (Å²) < 4.78 is 6.74. The van der Waals surface area contributed by atoms with E-state index >= 15 is 0 Å². The zero-order chi connectivity index (χ0) is 33.4. The molecule has 3 aromatic carbocycles. The van der Waals surface area contributed by atoms with Crippen LogP contribution in [0.3, 0.4) is 0 Å². The van der Waals surface area contributed by atoms with Gasteiger partial charge in [0.1, 0.15) is 5.75 Å². The lowest BCUT2D eigenvalue weighted by Crippen LogP contribution is -2.60. The molecule has 0 N–H and O–H groups in total. The van der Waals surface area contributed by atoms with Crippen LogP contribution in [0.4, 0.5) is 17.1 Å². The predicted octanol–water partition coefficient (Wildman–Crippen LogP) is 9.34. The second kappa shape index (κ2) is 9.52. The van der Waals surface area contributed by atoms with Crippen molar-refractivity contribution in [3.63, 3.8) is 0 Å². The fourth-order valence-corrected chi connectivity index (χ4v) is 8.36. The molecule has 0 atom stereocenters. The van der Waals surface area contributed by atoms with Crippen molar-refractivity contribution in [3.05, 3.63) is 88.6 Å². The number of hydrogen-bond donors (Lipinski definition) is 0. The molecule has 3 aliphatic rings. The Bertz CT molecular complexity index is 1880. The fraction of sp³-hybridized carbons (Fsp3) is 0.452. The van der Waals surface area contributed by atoms with E-state index in [-0.39, 0.29) is 33.8 Å². The molecule has 1 aromatic heterocycles. The molecule has 0 saturated carbocycles. The molecule has 0 amide bonds. The van der Waals surface area contributed by atoms with E-state index < -0.39 is 0 Å². The van der Waals surface area contributed by atoms with Crippen LogP contribution in [0.25, 0.3) is 0 Å². The van der Waals surface area contributed by atoms with Gasteiger partial charge in [-0.15, -0.1) is 0 Å². The molecule has 0 saturated heterocycles. The second-order valence-corrected chi connectivity index (χ2v) is 18.6. The first-order valence-corrected chi connectivity index (χ1v) is 17.1. The van der Waals surface area contributed by atoms with Gasteiger partial charge in [-0.25, -0.2) is 4.98 Å². The Labute approximate surface area is 277 Å². The van der Waals surface area contributed by atoms with Gasteiger partial charge in [0.15, 0.2) is 0 Å². The van der Waals surface area contributed by atoms with Crippen molar-refractivity contribution in [2.24, 2.45) is 0 Å². The highest BCUT2D eigenvalue weighted by molar-refractivity contribution is 6.99.